The topological polar surface area (TPSA) is 56.9 Å². The Morgan fingerprint density at radius 3 is 2.76 bits per heavy atom. The number of aryl methyl sites for hydroxylation is 1. The van der Waals surface area contributed by atoms with Crippen molar-refractivity contribution in [2.45, 2.75) is 26.7 Å². The van der Waals surface area contributed by atoms with Gasteiger partial charge in [-0.25, -0.2) is 0 Å². The van der Waals surface area contributed by atoms with Crippen LogP contribution in [0.5, 0.6) is 0 Å². The summed E-state index contributed by atoms with van der Waals surface area (Å²) in [6.07, 6.45) is 3.49. The van der Waals surface area contributed by atoms with Gasteiger partial charge in [-0.15, -0.1) is 0 Å². The zero-order chi connectivity index (χ0) is 17.6. The standard InChI is InChI=1S/C21H25N3O/c1-15-6-5-9-19(16(15)2)24-21(25)11-13-22-12-10-17-14-23-20-8-4-3-7-18(17)20/h3-9,14,22-23H,10-13H2,1-2H3,(H,24,25). The monoisotopic (exact) mass is 335 g/mol. The highest BCUT2D eigenvalue weighted by molar-refractivity contribution is 5.91. The third kappa shape index (κ3) is 4.28. The third-order valence-corrected chi connectivity index (χ3v) is 4.65. The van der Waals surface area contributed by atoms with Crippen molar-refractivity contribution < 1.29 is 4.79 Å². The Bertz CT molecular complexity index is 866. The lowest BCUT2D eigenvalue weighted by Crippen LogP contribution is -2.23. The Morgan fingerprint density at radius 2 is 1.88 bits per heavy atom. The predicted molar refractivity (Wildman–Crippen MR) is 104 cm³/mol. The molecule has 3 N–H and O–H groups in total. The number of hydrogen-bond donors (Lipinski definition) is 3. The van der Waals surface area contributed by atoms with E-state index in [9.17, 15) is 4.79 Å². The van der Waals surface area contributed by atoms with Crippen LogP contribution in [0, 0.1) is 13.8 Å². The van der Waals surface area contributed by atoms with Gasteiger partial charge in [0.2, 0.25) is 5.91 Å². The first kappa shape index (κ1) is 17.2. The van der Waals surface area contributed by atoms with Crippen molar-refractivity contribution in [1.82, 2.24) is 10.3 Å². The van der Waals surface area contributed by atoms with Crippen molar-refractivity contribution >= 4 is 22.5 Å². The summed E-state index contributed by atoms with van der Waals surface area (Å²) < 4.78 is 0. The fraction of sp³-hybridized carbons (Fsp3) is 0.286. The highest BCUT2D eigenvalue weighted by atomic mass is 16.1. The van der Waals surface area contributed by atoms with Gasteiger partial charge in [0.05, 0.1) is 0 Å². The van der Waals surface area contributed by atoms with E-state index in [1.807, 2.05) is 25.1 Å². The molecule has 0 atom stereocenters. The minimum absolute atomic E-state index is 0.0493. The zero-order valence-corrected chi connectivity index (χ0v) is 14.9. The third-order valence-electron chi connectivity index (χ3n) is 4.65. The molecule has 1 aromatic heterocycles. The van der Waals surface area contributed by atoms with Crippen molar-refractivity contribution in [2.75, 3.05) is 18.4 Å². The minimum Gasteiger partial charge on any atom is -0.361 e. The molecule has 4 heteroatoms. The predicted octanol–water partition coefficient (Wildman–Crippen LogP) is 3.95. The molecule has 0 saturated heterocycles. The van der Waals surface area contributed by atoms with Crippen molar-refractivity contribution in [3.05, 3.63) is 65.4 Å². The van der Waals surface area contributed by atoms with E-state index in [0.717, 1.165) is 24.2 Å². The van der Waals surface area contributed by atoms with Gasteiger partial charge < -0.3 is 15.6 Å². The summed E-state index contributed by atoms with van der Waals surface area (Å²) in [5, 5.41) is 7.63. The van der Waals surface area contributed by atoms with E-state index in [2.05, 4.69) is 53.0 Å². The number of benzene rings is 2. The number of aromatic nitrogens is 1. The SMILES string of the molecule is Cc1cccc(NC(=O)CCNCCc2c[nH]c3ccccc23)c1C. The second-order valence-corrected chi connectivity index (χ2v) is 6.41. The smallest absolute Gasteiger partial charge is 0.225 e. The van der Waals surface area contributed by atoms with Gasteiger partial charge in [-0.2, -0.15) is 0 Å². The van der Waals surface area contributed by atoms with E-state index >= 15 is 0 Å². The summed E-state index contributed by atoms with van der Waals surface area (Å²) in [4.78, 5) is 15.4. The molecule has 2 aromatic carbocycles. The Hall–Kier alpha value is -2.59. The lowest BCUT2D eigenvalue weighted by Gasteiger charge is -2.10. The van der Waals surface area contributed by atoms with Gasteiger partial charge in [0, 0.05) is 35.8 Å². The summed E-state index contributed by atoms with van der Waals surface area (Å²) in [6.45, 7) is 5.62. The number of fused-ring (bicyclic) bond motifs is 1. The normalized spacial score (nSPS) is 11.0. The summed E-state index contributed by atoms with van der Waals surface area (Å²) in [7, 11) is 0. The lowest BCUT2D eigenvalue weighted by molar-refractivity contribution is -0.116. The molecule has 1 amide bonds. The largest absolute Gasteiger partial charge is 0.361 e. The van der Waals surface area contributed by atoms with E-state index < -0.39 is 0 Å². The maximum Gasteiger partial charge on any atom is 0.225 e. The first-order valence-electron chi connectivity index (χ1n) is 8.77. The van der Waals surface area contributed by atoms with Crippen LogP contribution in [0.4, 0.5) is 5.69 Å². The first-order chi connectivity index (χ1) is 12.1. The van der Waals surface area contributed by atoms with Gasteiger partial charge in [-0.1, -0.05) is 30.3 Å². The summed E-state index contributed by atoms with van der Waals surface area (Å²) in [6, 6.07) is 14.3. The number of para-hydroxylation sites is 1. The van der Waals surface area contributed by atoms with Crippen molar-refractivity contribution in [1.29, 1.82) is 0 Å². The second-order valence-electron chi connectivity index (χ2n) is 6.41. The number of nitrogens with one attached hydrogen (secondary N) is 3. The average Bonchev–Trinajstić information content (AvgIpc) is 3.02. The number of amides is 1. The number of anilines is 1. The van der Waals surface area contributed by atoms with E-state index in [4.69, 9.17) is 0 Å². The van der Waals surface area contributed by atoms with Gasteiger partial charge in [0.1, 0.15) is 0 Å². The van der Waals surface area contributed by atoms with Crippen LogP contribution in [0.25, 0.3) is 10.9 Å². The second kappa shape index (κ2) is 7.99. The van der Waals surface area contributed by atoms with E-state index in [-0.39, 0.29) is 5.91 Å². The van der Waals surface area contributed by atoms with Crippen molar-refractivity contribution in [2.24, 2.45) is 0 Å². The molecule has 3 aromatic rings. The highest BCUT2D eigenvalue weighted by Crippen LogP contribution is 2.18. The van der Waals surface area contributed by atoms with Crippen LogP contribution < -0.4 is 10.6 Å². The molecule has 1 heterocycles. The average molecular weight is 335 g/mol. The minimum atomic E-state index is 0.0493. The Kier molecular flexibility index (Phi) is 5.51. The number of rotatable bonds is 7. The number of hydrogen-bond acceptors (Lipinski definition) is 2. The molecule has 25 heavy (non-hydrogen) atoms. The number of carbonyl (C=O) groups excluding carboxylic acids is 1. The molecule has 0 aliphatic carbocycles. The zero-order valence-electron chi connectivity index (χ0n) is 14.9. The molecule has 130 valence electrons. The molecule has 4 nitrogen and oxygen atoms in total. The van der Waals surface area contributed by atoms with Crippen molar-refractivity contribution in [3.8, 4) is 0 Å². The van der Waals surface area contributed by atoms with E-state index in [0.29, 0.717) is 13.0 Å². The Morgan fingerprint density at radius 1 is 1.04 bits per heavy atom. The van der Waals surface area contributed by atoms with Crippen LogP contribution in [-0.4, -0.2) is 24.0 Å². The van der Waals surface area contributed by atoms with Gasteiger partial charge in [0.15, 0.2) is 0 Å². The maximum atomic E-state index is 12.1. The maximum absolute atomic E-state index is 12.1. The molecule has 0 fully saturated rings. The lowest BCUT2D eigenvalue weighted by atomic mass is 10.1. The van der Waals surface area contributed by atoms with Crippen LogP contribution in [0.15, 0.2) is 48.7 Å². The molecule has 0 unspecified atom stereocenters. The molecule has 0 spiro atoms. The van der Waals surface area contributed by atoms with E-state index in [1.54, 1.807) is 0 Å². The van der Waals surface area contributed by atoms with Gasteiger partial charge in [-0.3, -0.25) is 4.79 Å². The van der Waals surface area contributed by atoms with Crippen LogP contribution in [-0.2, 0) is 11.2 Å². The quantitative estimate of drug-likeness (QED) is 0.573. The Labute approximate surface area is 148 Å². The van der Waals surface area contributed by atoms with E-state index in [1.165, 1.54) is 22.0 Å². The summed E-state index contributed by atoms with van der Waals surface area (Å²) in [5.74, 6) is 0.0493. The van der Waals surface area contributed by atoms with Crippen LogP contribution in [0.2, 0.25) is 0 Å². The molecule has 3 rings (SSSR count). The molecule has 0 saturated carbocycles. The number of carbonyl (C=O) groups is 1. The first-order valence-corrected chi connectivity index (χ1v) is 8.77. The van der Waals surface area contributed by atoms with Crippen LogP contribution in [0.3, 0.4) is 0 Å². The number of H-pyrrole nitrogens is 1. The van der Waals surface area contributed by atoms with Gasteiger partial charge in [0.25, 0.3) is 0 Å². The Balaban J connectivity index is 1.41. The van der Waals surface area contributed by atoms with Crippen LogP contribution in [0.1, 0.15) is 23.1 Å². The van der Waals surface area contributed by atoms with Crippen molar-refractivity contribution in [3.63, 3.8) is 0 Å². The van der Waals surface area contributed by atoms with Gasteiger partial charge >= 0.3 is 0 Å². The molecule has 0 aliphatic heterocycles. The molecule has 0 aliphatic rings. The molecule has 0 radical (unpaired) electrons. The summed E-state index contributed by atoms with van der Waals surface area (Å²) in [5.41, 5.74) is 5.70. The van der Waals surface area contributed by atoms with Crippen LogP contribution >= 0.6 is 0 Å². The summed E-state index contributed by atoms with van der Waals surface area (Å²) >= 11 is 0. The molecular formula is C21H25N3O. The fourth-order valence-electron chi connectivity index (χ4n) is 2.99. The number of aromatic amines is 1. The van der Waals surface area contributed by atoms with Gasteiger partial charge in [-0.05, 0) is 55.6 Å². The molecule has 0 bridgehead atoms. The highest BCUT2D eigenvalue weighted by Gasteiger charge is 2.06. The molecular weight excluding hydrogens is 310 g/mol. The fourth-order valence-corrected chi connectivity index (χ4v) is 2.99.